The molecule has 1 heterocycles. The van der Waals surface area contributed by atoms with E-state index >= 15 is 0 Å². The highest BCUT2D eigenvalue weighted by molar-refractivity contribution is 5.90. The van der Waals surface area contributed by atoms with Gasteiger partial charge in [0.2, 0.25) is 5.95 Å². The smallest absolute Gasteiger partial charge is 0.319 e. The van der Waals surface area contributed by atoms with Crippen LogP contribution in [0.4, 0.5) is 22.2 Å². The van der Waals surface area contributed by atoms with Crippen LogP contribution in [0.25, 0.3) is 0 Å². The second-order valence-corrected chi connectivity index (χ2v) is 5.87. The van der Waals surface area contributed by atoms with Gasteiger partial charge < -0.3 is 21.3 Å². The third kappa shape index (κ3) is 5.95. The number of carbonyl (C=O) groups is 1. The van der Waals surface area contributed by atoms with Crippen molar-refractivity contribution in [3.63, 3.8) is 0 Å². The molecule has 2 amide bonds. The lowest BCUT2D eigenvalue weighted by Crippen LogP contribution is -2.33. The van der Waals surface area contributed by atoms with Gasteiger partial charge in [-0.3, -0.25) is 0 Å². The summed E-state index contributed by atoms with van der Waals surface area (Å²) < 4.78 is 0. The Balaban J connectivity index is 1.78. The maximum atomic E-state index is 12.0. The zero-order valence-electron chi connectivity index (χ0n) is 15.2. The van der Waals surface area contributed by atoms with Crippen molar-refractivity contribution in [2.24, 2.45) is 0 Å². The Morgan fingerprint density at radius 1 is 1.04 bits per heavy atom. The summed E-state index contributed by atoms with van der Waals surface area (Å²) in [5, 5.41) is 11.9. The van der Waals surface area contributed by atoms with E-state index in [9.17, 15) is 4.79 Å². The summed E-state index contributed by atoms with van der Waals surface area (Å²) in [4.78, 5) is 20.7. The highest BCUT2D eigenvalue weighted by Gasteiger charge is 2.05. The highest BCUT2D eigenvalue weighted by Crippen LogP contribution is 2.15. The van der Waals surface area contributed by atoms with Crippen molar-refractivity contribution in [2.75, 3.05) is 35.6 Å². The van der Waals surface area contributed by atoms with Crippen LogP contribution in [0.3, 0.4) is 0 Å². The van der Waals surface area contributed by atoms with Gasteiger partial charge in [-0.25, -0.2) is 9.78 Å². The molecule has 2 aromatic rings. The molecule has 0 atom stereocenters. The maximum Gasteiger partial charge on any atom is 0.319 e. The van der Waals surface area contributed by atoms with Gasteiger partial charge in [0.1, 0.15) is 5.82 Å². The Morgan fingerprint density at radius 2 is 1.84 bits per heavy atom. The first-order chi connectivity index (χ1) is 12.0. The van der Waals surface area contributed by atoms with Crippen molar-refractivity contribution < 1.29 is 4.79 Å². The summed E-state index contributed by atoms with van der Waals surface area (Å²) in [6.07, 6.45) is 0. The van der Waals surface area contributed by atoms with Gasteiger partial charge in [-0.15, -0.1) is 0 Å². The Labute approximate surface area is 148 Å². The van der Waals surface area contributed by atoms with Gasteiger partial charge in [0, 0.05) is 37.1 Å². The van der Waals surface area contributed by atoms with Gasteiger partial charge >= 0.3 is 6.03 Å². The number of nitrogens with zero attached hydrogens (tertiary/aromatic N) is 2. The maximum absolute atomic E-state index is 12.0. The fraction of sp³-hybridized carbons (Fsp3) is 0.389. The van der Waals surface area contributed by atoms with Crippen molar-refractivity contribution >= 4 is 23.5 Å². The number of benzene rings is 1. The lowest BCUT2D eigenvalue weighted by Gasteiger charge is -2.11. The van der Waals surface area contributed by atoms with E-state index in [2.05, 4.69) is 31.2 Å². The Morgan fingerprint density at radius 3 is 2.56 bits per heavy atom. The van der Waals surface area contributed by atoms with E-state index < -0.39 is 0 Å². The Hall–Kier alpha value is -2.83. The molecule has 2 rings (SSSR count). The van der Waals surface area contributed by atoms with Crippen LogP contribution in [0.15, 0.2) is 24.3 Å². The summed E-state index contributed by atoms with van der Waals surface area (Å²) in [5.41, 5.74) is 3.91. The van der Waals surface area contributed by atoms with Crippen LogP contribution in [-0.2, 0) is 0 Å². The Kier molecular flexibility index (Phi) is 6.56. The van der Waals surface area contributed by atoms with Crippen molar-refractivity contribution in [3.05, 3.63) is 41.1 Å². The second-order valence-electron chi connectivity index (χ2n) is 5.87. The molecule has 0 bridgehead atoms. The van der Waals surface area contributed by atoms with Gasteiger partial charge in [0.15, 0.2) is 0 Å². The topological polar surface area (TPSA) is 91.0 Å². The molecule has 0 aliphatic rings. The molecule has 7 heteroatoms. The Bertz CT molecular complexity index is 732. The summed E-state index contributed by atoms with van der Waals surface area (Å²) >= 11 is 0. The lowest BCUT2D eigenvalue weighted by atomic mass is 10.1. The molecule has 0 unspecified atom stereocenters. The van der Waals surface area contributed by atoms with E-state index in [4.69, 9.17) is 0 Å². The number of aryl methyl sites for hydroxylation is 3. The number of hydrogen-bond acceptors (Lipinski definition) is 5. The van der Waals surface area contributed by atoms with E-state index in [1.165, 1.54) is 5.56 Å². The first-order valence-electron chi connectivity index (χ1n) is 8.43. The van der Waals surface area contributed by atoms with Crippen LogP contribution < -0.4 is 21.3 Å². The predicted molar refractivity (Wildman–Crippen MR) is 102 cm³/mol. The minimum absolute atomic E-state index is 0.229. The van der Waals surface area contributed by atoms with Crippen LogP contribution >= 0.6 is 0 Å². The molecule has 1 aromatic carbocycles. The van der Waals surface area contributed by atoms with Crippen LogP contribution in [-0.4, -0.2) is 35.6 Å². The molecule has 0 aliphatic heterocycles. The van der Waals surface area contributed by atoms with Gasteiger partial charge in [-0.05, 0) is 39.3 Å². The van der Waals surface area contributed by atoms with Gasteiger partial charge in [-0.1, -0.05) is 17.7 Å². The number of aromatic nitrogens is 2. The first-order valence-corrected chi connectivity index (χ1v) is 8.43. The largest absolute Gasteiger partial charge is 0.370 e. The molecule has 1 aromatic heterocycles. The molecule has 4 N–H and O–H groups in total. The predicted octanol–water partition coefficient (Wildman–Crippen LogP) is 3.07. The standard InChI is InChI=1S/C18H26N6O/c1-5-19-16-11-14(4)22-17(24-16)20-8-9-21-18(25)23-15-7-6-12(2)10-13(15)3/h6-7,10-11H,5,8-9H2,1-4H3,(H2,21,23,25)(H2,19,20,22,24). The summed E-state index contributed by atoms with van der Waals surface area (Å²) in [7, 11) is 0. The quantitative estimate of drug-likeness (QED) is 0.581. The molecule has 0 spiro atoms. The third-order valence-electron chi connectivity index (χ3n) is 3.54. The van der Waals surface area contributed by atoms with E-state index in [1.54, 1.807) is 0 Å². The number of nitrogens with one attached hydrogen (secondary N) is 4. The van der Waals surface area contributed by atoms with E-state index in [0.29, 0.717) is 19.0 Å². The number of anilines is 3. The van der Waals surface area contributed by atoms with Crippen LogP contribution in [0.5, 0.6) is 0 Å². The second kappa shape index (κ2) is 8.86. The average molecular weight is 342 g/mol. The van der Waals surface area contributed by atoms with Gasteiger partial charge in [0.05, 0.1) is 0 Å². The number of rotatable bonds is 7. The lowest BCUT2D eigenvalue weighted by molar-refractivity contribution is 0.252. The SMILES string of the molecule is CCNc1cc(C)nc(NCCNC(=O)Nc2ccc(C)cc2C)n1. The molecular weight excluding hydrogens is 316 g/mol. The third-order valence-corrected chi connectivity index (χ3v) is 3.54. The minimum Gasteiger partial charge on any atom is -0.370 e. The molecule has 0 radical (unpaired) electrons. The number of urea groups is 1. The number of carbonyl (C=O) groups excluding carboxylic acids is 1. The number of amides is 2. The van der Waals surface area contributed by atoms with E-state index in [1.807, 2.05) is 52.0 Å². The normalized spacial score (nSPS) is 10.2. The molecule has 0 fully saturated rings. The molecule has 7 nitrogen and oxygen atoms in total. The molecule has 0 saturated carbocycles. The van der Waals surface area contributed by atoms with Crippen molar-refractivity contribution in [1.29, 1.82) is 0 Å². The zero-order chi connectivity index (χ0) is 18.2. The molecular formula is C18H26N6O. The van der Waals surface area contributed by atoms with Crippen molar-refractivity contribution in [2.45, 2.75) is 27.7 Å². The van der Waals surface area contributed by atoms with Crippen LogP contribution in [0, 0.1) is 20.8 Å². The molecule has 0 aliphatic carbocycles. The van der Waals surface area contributed by atoms with Crippen LogP contribution in [0.1, 0.15) is 23.7 Å². The fourth-order valence-electron chi connectivity index (χ4n) is 2.39. The van der Waals surface area contributed by atoms with Crippen molar-refractivity contribution in [3.8, 4) is 0 Å². The van der Waals surface area contributed by atoms with Crippen LogP contribution in [0.2, 0.25) is 0 Å². The highest BCUT2D eigenvalue weighted by atomic mass is 16.2. The number of hydrogen-bond donors (Lipinski definition) is 4. The molecule has 134 valence electrons. The average Bonchev–Trinajstić information content (AvgIpc) is 2.54. The van der Waals surface area contributed by atoms with E-state index in [0.717, 1.165) is 29.3 Å². The summed E-state index contributed by atoms with van der Waals surface area (Å²) in [6.45, 7) is 9.74. The molecule has 0 saturated heterocycles. The fourth-order valence-corrected chi connectivity index (χ4v) is 2.39. The minimum atomic E-state index is -0.229. The van der Waals surface area contributed by atoms with Gasteiger partial charge in [0.25, 0.3) is 0 Å². The van der Waals surface area contributed by atoms with Crippen molar-refractivity contribution in [1.82, 2.24) is 15.3 Å². The van der Waals surface area contributed by atoms with E-state index in [-0.39, 0.29) is 6.03 Å². The summed E-state index contributed by atoms with van der Waals surface area (Å²) in [5.74, 6) is 1.34. The molecule has 25 heavy (non-hydrogen) atoms. The van der Waals surface area contributed by atoms with Gasteiger partial charge in [-0.2, -0.15) is 4.98 Å². The zero-order valence-corrected chi connectivity index (χ0v) is 15.2. The summed E-state index contributed by atoms with van der Waals surface area (Å²) in [6, 6.07) is 7.58. The first kappa shape index (κ1) is 18.5. The monoisotopic (exact) mass is 342 g/mol.